The molecule has 0 unspecified atom stereocenters. The first kappa shape index (κ1) is 12.0. The van der Waals surface area contributed by atoms with Crippen LogP contribution in [0.1, 0.15) is 39.0 Å². The van der Waals surface area contributed by atoms with Crippen molar-refractivity contribution in [2.24, 2.45) is 0 Å². The number of nitrogens with zero attached hydrogens (tertiary/aromatic N) is 1. The number of likely N-dealkylation sites (N-methyl/N-ethyl adjacent to an activating group) is 1. The van der Waals surface area contributed by atoms with Gasteiger partial charge in [0.05, 0.1) is 5.57 Å². The molecule has 1 aliphatic rings. The number of carbonyl (C=O) groups is 2. The number of hydrogen-bond acceptors (Lipinski definition) is 2. The SMILES string of the molecule is C=C(C(C)=O)C(=O)N(C)C1CCCCC1. The van der Waals surface area contributed by atoms with Crippen LogP contribution in [-0.2, 0) is 9.59 Å². The van der Waals surface area contributed by atoms with Gasteiger partial charge < -0.3 is 4.90 Å². The largest absolute Gasteiger partial charge is 0.339 e. The van der Waals surface area contributed by atoms with Gasteiger partial charge in [0.2, 0.25) is 0 Å². The molecule has 1 fully saturated rings. The van der Waals surface area contributed by atoms with Crippen LogP contribution in [0.25, 0.3) is 0 Å². The van der Waals surface area contributed by atoms with E-state index in [2.05, 4.69) is 6.58 Å². The summed E-state index contributed by atoms with van der Waals surface area (Å²) in [6, 6.07) is 0.294. The lowest BCUT2D eigenvalue weighted by atomic mass is 9.94. The summed E-state index contributed by atoms with van der Waals surface area (Å²) in [6.45, 7) is 4.91. The van der Waals surface area contributed by atoms with Crippen molar-refractivity contribution in [1.82, 2.24) is 4.90 Å². The molecule has 0 aromatic rings. The average molecular weight is 209 g/mol. The molecule has 1 saturated carbocycles. The van der Waals surface area contributed by atoms with E-state index >= 15 is 0 Å². The van der Waals surface area contributed by atoms with Gasteiger partial charge >= 0.3 is 0 Å². The predicted octanol–water partition coefficient (Wildman–Crippen LogP) is 1.92. The lowest BCUT2D eigenvalue weighted by Crippen LogP contribution is -2.39. The zero-order chi connectivity index (χ0) is 11.4. The molecule has 3 heteroatoms. The van der Waals surface area contributed by atoms with Gasteiger partial charge in [0.15, 0.2) is 5.78 Å². The van der Waals surface area contributed by atoms with Crippen LogP contribution in [0.5, 0.6) is 0 Å². The summed E-state index contributed by atoms with van der Waals surface area (Å²) in [6.07, 6.45) is 5.71. The van der Waals surface area contributed by atoms with E-state index in [1.807, 2.05) is 0 Å². The van der Waals surface area contributed by atoms with Crippen LogP contribution in [0.3, 0.4) is 0 Å². The minimum Gasteiger partial charge on any atom is -0.339 e. The van der Waals surface area contributed by atoms with E-state index in [0.29, 0.717) is 6.04 Å². The Bertz CT molecular complexity index is 277. The average Bonchev–Trinajstić information content (AvgIpc) is 2.27. The number of hydrogen-bond donors (Lipinski definition) is 0. The van der Waals surface area contributed by atoms with Crippen LogP contribution < -0.4 is 0 Å². The van der Waals surface area contributed by atoms with Gasteiger partial charge in [-0.25, -0.2) is 0 Å². The molecule has 3 nitrogen and oxygen atoms in total. The van der Waals surface area contributed by atoms with E-state index in [-0.39, 0.29) is 17.3 Å². The van der Waals surface area contributed by atoms with Crippen LogP contribution in [0.4, 0.5) is 0 Å². The third-order valence-electron chi connectivity index (χ3n) is 3.13. The first-order chi connectivity index (χ1) is 7.04. The van der Waals surface area contributed by atoms with Gasteiger partial charge in [-0.1, -0.05) is 25.8 Å². The van der Waals surface area contributed by atoms with Crippen molar-refractivity contribution in [2.45, 2.75) is 45.1 Å². The molecule has 1 aliphatic carbocycles. The van der Waals surface area contributed by atoms with Gasteiger partial charge in [-0.3, -0.25) is 9.59 Å². The molecule has 1 rings (SSSR count). The highest BCUT2D eigenvalue weighted by atomic mass is 16.2. The van der Waals surface area contributed by atoms with Crippen molar-refractivity contribution in [3.05, 3.63) is 12.2 Å². The summed E-state index contributed by atoms with van der Waals surface area (Å²) in [5.41, 5.74) is 0.100. The second kappa shape index (κ2) is 5.10. The highest BCUT2D eigenvalue weighted by molar-refractivity contribution is 6.17. The Morgan fingerprint density at radius 1 is 1.20 bits per heavy atom. The molecule has 0 N–H and O–H groups in total. The molecule has 0 bridgehead atoms. The third-order valence-corrected chi connectivity index (χ3v) is 3.13. The van der Waals surface area contributed by atoms with Crippen molar-refractivity contribution in [3.8, 4) is 0 Å². The number of ketones is 1. The molecule has 0 saturated heterocycles. The number of carbonyl (C=O) groups excluding carboxylic acids is 2. The quantitative estimate of drug-likeness (QED) is 0.404. The number of rotatable bonds is 3. The molecule has 0 aliphatic heterocycles. The summed E-state index contributed by atoms with van der Waals surface area (Å²) in [7, 11) is 1.77. The minimum atomic E-state index is -0.234. The lowest BCUT2D eigenvalue weighted by Gasteiger charge is -2.31. The van der Waals surface area contributed by atoms with Crippen LogP contribution in [0, 0.1) is 0 Å². The van der Waals surface area contributed by atoms with Crippen LogP contribution >= 0.6 is 0 Å². The second-order valence-electron chi connectivity index (χ2n) is 4.24. The summed E-state index contributed by atoms with van der Waals surface area (Å²) < 4.78 is 0. The summed E-state index contributed by atoms with van der Waals surface area (Å²) >= 11 is 0. The van der Waals surface area contributed by atoms with Crippen LogP contribution in [-0.4, -0.2) is 29.7 Å². The molecule has 84 valence electrons. The first-order valence-corrected chi connectivity index (χ1v) is 5.51. The molecular formula is C12H19NO2. The molecule has 15 heavy (non-hydrogen) atoms. The molecule has 0 aromatic carbocycles. The summed E-state index contributed by atoms with van der Waals surface area (Å²) in [5.74, 6) is -0.447. The van der Waals surface area contributed by atoms with Crippen molar-refractivity contribution in [1.29, 1.82) is 0 Å². The molecule has 0 atom stereocenters. The molecule has 0 heterocycles. The molecule has 0 spiro atoms. The predicted molar refractivity (Wildman–Crippen MR) is 59.5 cm³/mol. The fourth-order valence-corrected chi connectivity index (χ4v) is 2.00. The van der Waals surface area contributed by atoms with Gasteiger partial charge in [-0.15, -0.1) is 0 Å². The summed E-state index contributed by atoms with van der Waals surface area (Å²) in [5, 5.41) is 0. The highest BCUT2D eigenvalue weighted by Gasteiger charge is 2.24. The summed E-state index contributed by atoms with van der Waals surface area (Å²) in [4.78, 5) is 24.5. The fraction of sp³-hybridized carbons (Fsp3) is 0.667. The van der Waals surface area contributed by atoms with Gasteiger partial charge in [0.25, 0.3) is 5.91 Å². The lowest BCUT2D eigenvalue weighted by molar-refractivity contribution is -0.130. The third kappa shape index (κ3) is 2.91. The molecular weight excluding hydrogens is 190 g/mol. The first-order valence-electron chi connectivity index (χ1n) is 5.51. The Balaban J connectivity index is 2.58. The van der Waals surface area contributed by atoms with E-state index in [4.69, 9.17) is 0 Å². The maximum atomic E-state index is 11.8. The maximum absolute atomic E-state index is 11.8. The Hall–Kier alpha value is -1.12. The van der Waals surface area contributed by atoms with Crippen molar-refractivity contribution in [2.75, 3.05) is 7.05 Å². The topological polar surface area (TPSA) is 37.4 Å². The smallest absolute Gasteiger partial charge is 0.256 e. The van der Waals surface area contributed by atoms with E-state index in [1.165, 1.54) is 26.2 Å². The minimum absolute atomic E-state index is 0.100. The van der Waals surface area contributed by atoms with Gasteiger partial charge in [-0.2, -0.15) is 0 Å². The Morgan fingerprint density at radius 3 is 2.20 bits per heavy atom. The fourth-order valence-electron chi connectivity index (χ4n) is 2.00. The van der Waals surface area contributed by atoms with Crippen molar-refractivity contribution in [3.63, 3.8) is 0 Å². The second-order valence-corrected chi connectivity index (χ2v) is 4.24. The maximum Gasteiger partial charge on any atom is 0.256 e. The Kier molecular flexibility index (Phi) is 4.06. The zero-order valence-electron chi connectivity index (χ0n) is 9.58. The van der Waals surface area contributed by atoms with E-state index in [0.717, 1.165) is 12.8 Å². The van der Waals surface area contributed by atoms with Crippen molar-refractivity contribution < 1.29 is 9.59 Å². The number of amides is 1. The van der Waals surface area contributed by atoms with Gasteiger partial charge in [0.1, 0.15) is 0 Å². The Morgan fingerprint density at radius 2 is 1.73 bits per heavy atom. The van der Waals surface area contributed by atoms with Crippen molar-refractivity contribution >= 4 is 11.7 Å². The van der Waals surface area contributed by atoms with Gasteiger partial charge in [-0.05, 0) is 19.8 Å². The van der Waals surface area contributed by atoms with Crippen LogP contribution in [0.2, 0.25) is 0 Å². The highest BCUT2D eigenvalue weighted by Crippen LogP contribution is 2.22. The normalized spacial score (nSPS) is 17.2. The molecule has 0 aromatic heterocycles. The standard InChI is InChI=1S/C12H19NO2/c1-9(10(2)14)12(15)13(3)11-7-5-4-6-8-11/h11H,1,4-8H2,2-3H3. The van der Waals surface area contributed by atoms with E-state index < -0.39 is 0 Å². The van der Waals surface area contributed by atoms with E-state index in [9.17, 15) is 9.59 Å². The molecule has 1 amide bonds. The molecule has 0 radical (unpaired) electrons. The van der Waals surface area contributed by atoms with E-state index in [1.54, 1.807) is 11.9 Å². The zero-order valence-corrected chi connectivity index (χ0v) is 9.58. The Labute approximate surface area is 91.1 Å². The monoisotopic (exact) mass is 209 g/mol. The van der Waals surface area contributed by atoms with Crippen LogP contribution in [0.15, 0.2) is 12.2 Å². The van der Waals surface area contributed by atoms with Gasteiger partial charge in [0, 0.05) is 13.1 Å². The number of Topliss-reactive ketones (excluding diaryl/α,β-unsaturated/α-hetero) is 1.